The molecule has 0 saturated carbocycles. The summed E-state index contributed by atoms with van der Waals surface area (Å²) in [5.74, 6) is 0.933. The van der Waals surface area contributed by atoms with Crippen molar-refractivity contribution in [2.75, 3.05) is 19.1 Å². The Hall–Kier alpha value is -2.35. The van der Waals surface area contributed by atoms with Crippen molar-refractivity contribution in [3.63, 3.8) is 0 Å². The number of thioether (sulfide) groups is 1. The molecule has 0 fully saturated rings. The van der Waals surface area contributed by atoms with E-state index in [0.717, 1.165) is 11.3 Å². The third-order valence-corrected chi connectivity index (χ3v) is 4.14. The van der Waals surface area contributed by atoms with E-state index < -0.39 is 12.0 Å². The fraction of sp³-hybridized carbons (Fsp3) is 0.412. The Morgan fingerprint density at radius 2 is 2.08 bits per heavy atom. The van der Waals surface area contributed by atoms with Crippen molar-refractivity contribution in [1.29, 1.82) is 0 Å². The number of rotatable bonds is 9. The second kappa shape index (κ2) is 9.83. The molecule has 8 heteroatoms. The van der Waals surface area contributed by atoms with Crippen LogP contribution in [0.4, 0.5) is 0 Å². The molecule has 0 aliphatic heterocycles. The molecule has 1 aromatic heterocycles. The van der Waals surface area contributed by atoms with Crippen molar-refractivity contribution in [3.05, 3.63) is 36.2 Å². The summed E-state index contributed by atoms with van der Waals surface area (Å²) in [7, 11) is 1.31. The van der Waals surface area contributed by atoms with Crippen LogP contribution < -0.4 is 5.32 Å². The smallest absolute Gasteiger partial charge is 0.328 e. The molecule has 0 saturated heterocycles. The summed E-state index contributed by atoms with van der Waals surface area (Å²) in [6.07, 6.45) is 2.93. The molecule has 1 heterocycles. The van der Waals surface area contributed by atoms with Crippen LogP contribution in [0.25, 0.3) is 11.4 Å². The zero-order valence-electron chi connectivity index (χ0n) is 14.2. The maximum absolute atomic E-state index is 12.1. The molecule has 2 rings (SSSR count). The molecular weight excluding hydrogens is 342 g/mol. The van der Waals surface area contributed by atoms with E-state index in [9.17, 15) is 9.59 Å². The summed E-state index contributed by atoms with van der Waals surface area (Å²) in [4.78, 5) is 28.1. The van der Waals surface area contributed by atoms with Crippen LogP contribution in [0.5, 0.6) is 0 Å². The number of carbonyl (C=O) groups is 2. The number of carbonyl (C=O) groups excluding carboxylic acids is 2. The molecule has 0 bridgehead atoms. The maximum atomic E-state index is 12.1. The number of nitrogens with zero attached hydrogens (tertiary/aromatic N) is 2. The van der Waals surface area contributed by atoms with Crippen LogP contribution in [0.1, 0.15) is 18.7 Å². The highest BCUT2D eigenvalue weighted by atomic mass is 32.2. The third-order valence-electron chi connectivity index (χ3n) is 3.50. The first-order valence-electron chi connectivity index (χ1n) is 7.88. The summed E-state index contributed by atoms with van der Waals surface area (Å²) in [5.41, 5.74) is 0.852. The van der Waals surface area contributed by atoms with Gasteiger partial charge in [-0.05, 0) is 18.4 Å². The number of hydrogen-bond acceptors (Lipinski definition) is 7. The van der Waals surface area contributed by atoms with E-state index in [-0.39, 0.29) is 12.3 Å². The summed E-state index contributed by atoms with van der Waals surface area (Å²) >= 11 is 1.60. The molecule has 7 nitrogen and oxygen atoms in total. The lowest BCUT2D eigenvalue weighted by Gasteiger charge is -2.15. The summed E-state index contributed by atoms with van der Waals surface area (Å²) < 4.78 is 9.89. The summed E-state index contributed by atoms with van der Waals surface area (Å²) in [5, 5.41) is 6.61. The molecular formula is C17H21N3O4S. The van der Waals surface area contributed by atoms with Crippen LogP contribution in [0, 0.1) is 0 Å². The lowest BCUT2D eigenvalue weighted by Crippen LogP contribution is -2.42. The Morgan fingerprint density at radius 1 is 1.32 bits per heavy atom. The number of esters is 1. The number of aryl methyl sites for hydroxylation is 1. The van der Waals surface area contributed by atoms with Gasteiger partial charge in [-0.1, -0.05) is 35.5 Å². The minimum atomic E-state index is -0.632. The van der Waals surface area contributed by atoms with Gasteiger partial charge in [0.15, 0.2) is 0 Å². The fourth-order valence-electron chi connectivity index (χ4n) is 2.17. The number of benzene rings is 1. The lowest BCUT2D eigenvalue weighted by atomic mass is 10.2. The highest BCUT2D eigenvalue weighted by Crippen LogP contribution is 2.15. The topological polar surface area (TPSA) is 94.3 Å². The van der Waals surface area contributed by atoms with Gasteiger partial charge in [0.25, 0.3) is 0 Å². The molecule has 0 radical (unpaired) electrons. The molecule has 0 aliphatic rings. The lowest BCUT2D eigenvalue weighted by molar-refractivity contribution is -0.145. The standard InChI is InChI=1S/C17H21N3O4S/c1-23-17(22)13(10-11-25-2)18-14(21)8-9-15-19-16(20-24-15)12-6-4-3-5-7-12/h3-7,13H,8-11H2,1-2H3,(H,18,21)/t13-/m0/s1. The van der Waals surface area contributed by atoms with E-state index in [1.165, 1.54) is 7.11 Å². The van der Waals surface area contributed by atoms with Crippen LogP contribution >= 0.6 is 11.8 Å². The summed E-state index contributed by atoms with van der Waals surface area (Å²) in [6.45, 7) is 0. The zero-order valence-corrected chi connectivity index (χ0v) is 15.0. The Kier molecular flexibility index (Phi) is 7.46. The predicted octanol–water partition coefficient (Wildman–Crippen LogP) is 2.08. The normalized spacial score (nSPS) is 11.8. The highest BCUT2D eigenvalue weighted by molar-refractivity contribution is 7.98. The van der Waals surface area contributed by atoms with E-state index >= 15 is 0 Å². The Morgan fingerprint density at radius 3 is 2.76 bits per heavy atom. The van der Waals surface area contributed by atoms with Crippen molar-refractivity contribution >= 4 is 23.6 Å². The van der Waals surface area contributed by atoms with Gasteiger partial charge in [0.2, 0.25) is 17.6 Å². The molecule has 0 spiro atoms. The van der Waals surface area contributed by atoms with E-state index in [1.54, 1.807) is 11.8 Å². The van der Waals surface area contributed by atoms with Crippen molar-refractivity contribution < 1.29 is 18.8 Å². The van der Waals surface area contributed by atoms with Gasteiger partial charge in [0.05, 0.1) is 7.11 Å². The average Bonchev–Trinajstić information content (AvgIpc) is 3.12. The van der Waals surface area contributed by atoms with Crippen LogP contribution in [0.15, 0.2) is 34.9 Å². The Bertz CT molecular complexity index is 690. The number of amides is 1. The third kappa shape index (κ3) is 5.90. The molecule has 1 N–H and O–H groups in total. The van der Waals surface area contributed by atoms with Gasteiger partial charge in [-0.3, -0.25) is 4.79 Å². The Labute approximate surface area is 150 Å². The van der Waals surface area contributed by atoms with Crippen LogP contribution in [0.3, 0.4) is 0 Å². The second-order valence-corrected chi connectivity index (χ2v) is 6.29. The quantitative estimate of drug-likeness (QED) is 0.682. The molecule has 1 aromatic carbocycles. The largest absolute Gasteiger partial charge is 0.467 e. The Balaban J connectivity index is 1.87. The van der Waals surface area contributed by atoms with Crippen molar-refractivity contribution in [1.82, 2.24) is 15.5 Å². The number of aromatic nitrogens is 2. The molecule has 1 atom stereocenters. The molecule has 1 amide bonds. The maximum Gasteiger partial charge on any atom is 0.328 e. The number of nitrogens with one attached hydrogen (secondary N) is 1. The van der Waals surface area contributed by atoms with Gasteiger partial charge in [0, 0.05) is 18.4 Å². The van der Waals surface area contributed by atoms with Crippen LogP contribution in [0.2, 0.25) is 0 Å². The van der Waals surface area contributed by atoms with E-state index in [1.807, 2.05) is 36.6 Å². The minimum Gasteiger partial charge on any atom is -0.467 e. The van der Waals surface area contributed by atoms with Gasteiger partial charge < -0.3 is 14.6 Å². The van der Waals surface area contributed by atoms with E-state index in [0.29, 0.717) is 24.6 Å². The van der Waals surface area contributed by atoms with E-state index in [2.05, 4.69) is 15.5 Å². The molecule has 25 heavy (non-hydrogen) atoms. The molecule has 2 aromatic rings. The monoisotopic (exact) mass is 363 g/mol. The van der Waals surface area contributed by atoms with Gasteiger partial charge >= 0.3 is 5.97 Å². The zero-order chi connectivity index (χ0) is 18.1. The molecule has 0 aliphatic carbocycles. The van der Waals surface area contributed by atoms with Crippen molar-refractivity contribution in [2.45, 2.75) is 25.3 Å². The first kappa shape index (κ1) is 19.0. The molecule has 134 valence electrons. The van der Waals surface area contributed by atoms with Gasteiger partial charge in [0.1, 0.15) is 6.04 Å². The van der Waals surface area contributed by atoms with E-state index in [4.69, 9.17) is 9.26 Å². The number of methoxy groups -OCH3 is 1. The average molecular weight is 363 g/mol. The second-order valence-electron chi connectivity index (χ2n) is 5.30. The first-order chi connectivity index (χ1) is 12.1. The fourth-order valence-corrected chi connectivity index (χ4v) is 2.65. The predicted molar refractivity (Wildman–Crippen MR) is 95.0 cm³/mol. The number of hydrogen-bond donors (Lipinski definition) is 1. The van der Waals surface area contributed by atoms with Crippen molar-refractivity contribution in [2.24, 2.45) is 0 Å². The van der Waals surface area contributed by atoms with Gasteiger partial charge in [-0.15, -0.1) is 0 Å². The highest BCUT2D eigenvalue weighted by Gasteiger charge is 2.21. The van der Waals surface area contributed by atoms with Gasteiger partial charge in [-0.25, -0.2) is 4.79 Å². The van der Waals surface area contributed by atoms with Crippen LogP contribution in [-0.4, -0.2) is 47.2 Å². The SMILES string of the molecule is COC(=O)[C@H](CCSC)NC(=O)CCc1nc(-c2ccccc2)no1. The van der Waals surface area contributed by atoms with Crippen molar-refractivity contribution in [3.8, 4) is 11.4 Å². The molecule has 0 unspecified atom stereocenters. The minimum absolute atomic E-state index is 0.156. The van der Waals surface area contributed by atoms with Gasteiger partial charge in [-0.2, -0.15) is 16.7 Å². The summed E-state index contributed by atoms with van der Waals surface area (Å²) in [6, 6.07) is 8.82. The van der Waals surface area contributed by atoms with Crippen LogP contribution in [-0.2, 0) is 20.7 Å². The first-order valence-corrected chi connectivity index (χ1v) is 9.27. The number of ether oxygens (including phenoxy) is 1.